The zero-order valence-corrected chi connectivity index (χ0v) is 7.06. The molecule has 72 valence electrons. The first-order valence-corrected chi connectivity index (χ1v) is 3.86. The monoisotopic (exact) mass is 190 g/mol. The summed E-state index contributed by atoms with van der Waals surface area (Å²) in [6.45, 7) is -1.12. The molecule has 0 atom stereocenters. The number of ether oxygens (including phenoxy) is 1. The molecule has 0 fully saturated rings. The van der Waals surface area contributed by atoms with Crippen molar-refractivity contribution < 1.29 is 17.9 Å². The van der Waals surface area contributed by atoms with E-state index in [-0.39, 0.29) is 5.75 Å². The fourth-order valence-electron chi connectivity index (χ4n) is 0.998. The zero-order valence-electron chi connectivity index (χ0n) is 7.06. The van der Waals surface area contributed by atoms with Gasteiger partial charge in [0.2, 0.25) is 0 Å². The predicted octanol–water partition coefficient (Wildman–Crippen LogP) is 2.99. The molecule has 4 heteroatoms. The lowest BCUT2D eigenvalue weighted by Crippen LogP contribution is -2.02. The maximum atomic E-state index is 12.9. The molecule has 0 bridgehead atoms. The highest BCUT2D eigenvalue weighted by molar-refractivity contribution is 5.29. The second kappa shape index (κ2) is 4.16. The Morgan fingerprint density at radius 1 is 1.38 bits per heavy atom. The predicted molar refractivity (Wildman–Crippen MR) is 42.4 cm³/mol. The van der Waals surface area contributed by atoms with Gasteiger partial charge in [0.15, 0.2) is 0 Å². The van der Waals surface area contributed by atoms with Crippen molar-refractivity contribution in [1.82, 2.24) is 0 Å². The molecule has 0 aliphatic heterocycles. The Hall–Kier alpha value is -1.19. The number of benzene rings is 1. The SMILES string of the molecule is CCc1cc(OC(F)F)ccc1F. The van der Waals surface area contributed by atoms with Crippen molar-refractivity contribution in [1.29, 1.82) is 0 Å². The number of hydrogen-bond acceptors (Lipinski definition) is 1. The van der Waals surface area contributed by atoms with Crippen LogP contribution in [0, 0.1) is 5.82 Å². The molecule has 0 radical (unpaired) electrons. The molecule has 1 aromatic rings. The normalized spacial score (nSPS) is 10.5. The lowest BCUT2D eigenvalue weighted by atomic mass is 10.1. The Bertz CT molecular complexity index is 286. The van der Waals surface area contributed by atoms with Crippen LogP contribution >= 0.6 is 0 Å². The molecule has 0 N–H and O–H groups in total. The fraction of sp³-hybridized carbons (Fsp3) is 0.333. The van der Waals surface area contributed by atoms with Gasteiger partial charge in [-0.2, -0.15) is 8.78 Å². The van der Waals surface area contributed by atoms with Gasteiger partial charge < -0.3 is 4.74 Å². The van der Waals surface area contributed by atoms with E-state index in [1.807, 2.05) is 0 Å². The second-order valence-corrected chi connectivity index (χ2v) is 2.49. The van der Waals surface area contributed by atoms with Crippen LogP contribution in [0.3, 0.4) is 0 Å². The van der Waals surface area contributed by atoms with Gasteiger partial charge in [0, 0.05) is 0 Å². The molecule has 1 nitrogen and oxygen atoms in total. The minimum atomic E-state index is -2.87. The van der Waals surface area contributed by atoms with E-state index in [4.69, 9.17) is 0 Å². The first-order valence-electron chi connectivity index (χ1n) is 3.86. The van der Waals surface area contributed by atoms with Crippen LogP contribution in [0.15, 0.2) is 18.2 Å². The average molecular weight is 190 g/mol. The van der Waals surface area contributed by atoms with Crippen molar-refractivity contribution in [3.63, 3.8) is 0 Å². The largest absolute Gasteiger partial charge is 0.435 e. The van der Waals surface area contributed by atoms with Gasteiger partial charge in [-0.25, -0.2) is 4.39 Å². The van der Waals surface area contributed by atoms with Crippen molar-refractivity contribution in [3.05, 3.63) is 29.6 Å². The van der Waals surface area contributed by atoms with Crippen molar-refractivity contribution in [2.24, 2.45) is 0 Å². The molecule has 0 saturated heterocycles. The van der Waals surface area contributed by atoms with Gasteiger partial charge >= 0.3 is 6.61 Å². The molecular formula is C9H9F3O. The molecule has 0 aliphatic carbocycles. The molecule has 13 heavy (non-hydrogen) atoms. The van der Waals surface area contributed by atoms with Gasteiger partial charge in [-0.15, -0.1) is 0 Å². The van der Waals surface area contributed by atoms with Crippen LogP contribution in [0.2, 0.25) is 0 Å². The van der Waals surface area contributed by atoms with Gasteiger partial charge in [0.1, 0.15) is 11.6 Å². The van der Waals surface area contributed by atoms with Gasteiger partial charge in [-0.05, 0) is 30.2 Å². The van der Waals surface area contributed by atoms with Gasteiger partial charge in [-0.1, -0.05) is 6.92 Å². The maximum Gasteiger partial charge on any atom is 0.387 e. The third-order valence-corrected chi connectivity index (χ3v) is 1.62. The van der Waals surface area contributed by atoms with Crippen LogP contribution < -0.4 is 4.74 Å². The summed E-state index contributed by atoms with van der Waals surface area (Å²) < 4.78 is 40.5. The van der Waals surface area contributed by atoms with Crippen molar-refractivity contribution in [3.8, 4) is 5.75 Å². The third kappa shape index (κ3) is 2.65. The lowest BCUT2D eigenvalue weighted by molar-refractivity contribution is -0.0499. The van der Waals surface area contributed by atoms with Crippen molar-refractivity contribution in [2.45, 2.75) is 20.0 Å². The number of aryl methyl sites for hydroxylation is 1. The molecule has 0 aromatic heterocycles. The maximum absolute atomic E-state index is 12.9. The summed E-state index contributed by atoms with van der Waals surface area (Å²) in [6, 6.07) is 3.58. The van der Waals surface area contributed by atoms with Crippen LogP contribution in [0.5, 0.6) is 5.75 Å². The van der Waals surface area contributed by atoms with Crippen LogP contribution in [-0.4, -0.2) is 6.61 Å². The Morgan fingerprint density at radius 3 is 2.62 bits per heavy atom. The number of hydrogen-bond donors (Lipinski definition) is 0. The Morgan fingerprint density at radius 2 is 2.08 bits per heavy atom. The van der Waals surface area contributed by atoms with Crippen molar-refractivity contribution >= 4 is 0 Å². The standard InChI is InChI=1S/C9H9F3O/c1-2-6-5-7(13-9(11)12)3-4-8(6)10/h3-5,9H,2H2,1H3. The zero-order chi connectivity index (χ0) is 9.84. The summed E-state index contributed by atoms with van der Waals surface area (Å²) in [5, 5.41) is 0. The van der Waals surface area contributed by atoms with Crippen LogP contribution in [0.4, 0.5) is 13.2 Å². The Balaban J connectivity index is 2.86. The molecule has 0 spiro atoms. The molecule has 1 aromatic carbocycles. The van der Waals surface area contributed by atoms with Crippen LogP contribution in [0.1, 0.15) is 12.5 Å². The highest BCUT2D eigenvalue weighted by atomic mass is 19.3. The average Bonchev–Trinajstić information content (AvgIpc) is 2.07. The molecule has 1 rings (SSSR count). The van der Waals surface area contributed by atoms with E-state index >= 15 is 0 Å². The van der Waals surface area contributed by atoms with Crippen LogP contribution in [0.25, 0.3) is 0 Å². The lowest BCUT2D eigenvalue weighted by Gasteiger charge is -2.06. The molecule has 0 saturated carbocycles. The van der Waals surface area contributed by atoms with E-state index in [9.17, 15) is 13.2 Å². The summed E-state index contributed by atoms with van der Waals surface area (Å²) >= 11 is 0. The first-order chi connectivity index (χ1) is 6.13. The minimum Gasteiger partial charge on any atom is -0.435 e. The van der Waals surface area contributed by atoms with E-state index in [1.165, 1.54) is 12.1 Å². The molecule has 0 heterocycles. The smallest absolute Gasteiger partial charge is 0.387 e. The minimum absolute atomic E-state index is 0.00625. The highest BCUT2D eigenvalue weighted by Crippen LogP contribution is 2.18. The summed E-state index contributed by atoms with van der Waals surface area (Å²) in [5.74, 6) is -0.405. The van der Waals surface area contributed by atoms with Gasteiger partial charge in [0.05, 0.1) is 0 Å². The van der Waals surface area contributed by atoms with E-state index in [1.54, 1.807) is 6.92 Å². The summed E-state index contributed by atoms with van der Waals surface area (Å²) in [6.07, 6.45) is 0.451. The quantitative estimate of drug-likeness (QED) is 0.711. The number of halogens is 3. The molecule has 0 amide bonds. The van der Waals surface area contributed by atoms with E-state index in [0.717, 1.165) is 6.07 Å². The van der Waals surface area contributed by atoms with Gasteiger partial charge in [-0.3, -0.25) is 0 Å². The second-order valence-electron chi connectivity index (χ2n) is 2.49. The van der Waals surface area contributed by atoms with E-state index in [2.05, 4.69) is 4.74 Å². The first kappa shape index (κ1) is 9.89. The Kier molecular flexibility index (Phi) is 3.17. The molecular weight excluding hydrogens is 181 g/mol. The summed E-state index contributed by atoms with van der Waals surface area (Å²) in [5.41, 5.74) is 0.373. The number of rotatable bonds is 3. The summed E-state index contributed by atoms with van der Waals surface area (Å²) in [7, 11) is 0. The third-order valence-electron chi connectivity index (χ3n) is 1.62. The fourth-order valence-corrected chi connectivity index (χ4v) is 0.998. The number of alkyl halides is 2. The van der Waals surface area contributed by atoms with E-state index < -0.39 is 12.4 Å². The highest BCUT2D eigenvalue weighted by Gasteiger charge is 2.06. The van der Waals surface area contributed by atoms with Crippen LogP contribution in [-0.2, 0) is 6.42 Å². The molecule has 0 unspecified atom stereocenters. The molecule has 0 aliphatic rings. The summed E-state index contributed by atoms with van der Waals surface area (Å²) in [4.78, 5) is 0. The topological polar surface area (TPSA) is 9.23 Å². The van der Waals surface area contributed by atoms with Gasteiger partial charge in [0.25, 0.3) is 0 Å². The van der Waals surface area contributed by atoms with E-state index in [0.29, 0.717) is 12.0 Å². The van der Waals surface area contributed by atoms with Crippen molar-refractivity contribution in [2.75, 3.05) is 0 Å². The Labute approximate surface area is 74.1 Å².